The number of furan rings is 1. The molecule has 5 heteroatoms. The molecule has 1 heterocycles. The first kappa shape index (κ1) is 14.0. The lowest BCUT2D eigenvalue weighted by Crippen LogP contribution is -2.44. The molecule has 0 aliphatic rings. The minimum atomic E-state index is -1.02. The van der Waals surface area contributed by atoms with E-state index in [1.807, 2.05) is 6.92 Å². The van der Waals surface area contributed by atoms with Gasteiger partial charge in [0.05, 0.1) is 6.26 Å². The Balaban J connectivity index is 2.59. The molecule has 0 aliphatic heterocycles. The highest BCUT2D eigenvalue weighted by Gasteiger charge is 2.24. The van der Waals surface area contributed by atoms with E-state index < -0.39 is 17.9 Å². The number of aliphatic carboxylic acids is 1. The summed E-state index contributed by atoms with van der Waals surface area (Å²) in [5.74, 6) is -1.05. The van der Waals surface area contributed by atoms with E-state index in [1.54, 1.807) is 19.1 Å². The van der Waals surface area contributed by atoms with Gasteiger partial charge in [-0.3, -0.25) is 4.79 Å². The van der Waals surface area contributed by atoms with E-state index in [-0.39, 0.29) is 5.92 Å². The fourth-order valence-corrected chi connectivity index (χ4v) is 1.43. The summed E-state index contributed by atoms with van der Waals surface area (Å²) in [5.41, 5.74) is 0. The van der Waals surface area contributed by atoms with E-state index in [0.29, 0.717) is 12.2 Å². The highest BCUT2D eigenvalue weighted by atomic mass is 16.4. The van der Waals surface area contributed by atoms with Crippen LogP contribution in [0.25, 0.3) is 6.08 Å². The second-order valence-corrected chi connectivity index (χ2v) is 4.06. The predicted octanol–water partition coefficient (Wildman–Crippen LogP) is 1.91. The Morgan fingerprint density at radius 1 is 1.56 bits per heavy atom. The summed E-state index contributed by atoms with van der Waals surface area (Å²) in [6.45, 7) is 3.67. The Bertz CT molecular complexity index is 422. The molecule has 0 saturated carbocycles. The molecule has 0 radical (unpaired) electrons. The van der Waals surface area contributed by atoms with E-state index in [4.69, 9.17) is 9.52 Å². The zero-order valence-electron chi connectivity index (χ0n) is 10.4. The maximum absolute atomic E-state index is 11.6. The largest absolute Gasteiger partial charge is 0.480 e. The standard InChI is InChI=1S/C13H17NO4/c1-3-9(2)12(13(16)17)14-11(15)7-6-10-5-4-8-18-10/h4-9,12H,3H2,1-2H3,(H,14,15)(H,16,17)/b7-6+/t9?,12-/m0/s1. The van der Waals surface area contributed by atoms with Gasteiger partial charge >= 0.3 is 5.97 Å². The van der Waals surface area contributed by atoms with Crippen LogP contribution in [0.15, 0.2) is 28.9 Å². The number of amides is 1. The normalized spacial score (nSPS) is 14.3. The smallest absolute Gasteiger partial charge is 0.326 e. The van der Waals surface area contributed by atoms with Crippen molar-refractivity contribution >= 4 is 18.0 Å². The Labute approximate surface area is 105 Å². The molecule has 1 rings (SSSR count). The van der Waals surface area contributed by atoms with Gasteiger partial charge in [-0.15, -0.1) is 0 Å². The summed E-state index contributed by atoms with van der Waals surface area (Å²) in [6, 6.07) is 2.54. The van der Waals surface area contributed by atoms with Crippen LogP contribution in [-0.2, 0) is 9.59 Å². The summed E-state index contributed by atoms with van der Waals surface area (Å²) in [7, 11) is 0. The number of nitrogens with one attached hydrogen (secondary N) is 1. The molecule has 2 atom stereocenters. The van der Waals surface area contributed by atoms with Crippen LogP contribution in [0.1, 0.15) is 26.0 Å². The van der Waals surface area contributed by atoms with E-state index in [0.717, 1.165) is 0 Å². The molecular formula is C13H17NO4. The van der Waals surface area contributed by atoms with Crippen molar-refractivity contribution in [2.75, 3.05) is 0 Å². The molecular weight excluding hydrogens is 234 g/mol. The molecule has 5 nitrogen and oxygen atoms in total. The number of carboxylic acid groups (broad SMARTS) is 1. The lowest BCUT2D eigenvalue weighted by Gasteiger charge is -2.19. The van der Waals surface area contributed by atoms with E-state index in [1.165, 1.54) is 18.4 Å². The van der Waals surface area contributed by atoms with E-state index in [9.17, 15) is 9.59 Å². The second-order valence-electron chi connectivity index (χ2n) is 4.06. The number of hydrogen-bond donors (Lipinski definition) is 2. The average molecular weight is 251 g/mol. The summed E-state index contributed by atoms with van der Waals surface area (Å²) < 4.78 is 5.02. The summed E-state index contributed by atoms with van der Waals surface area (Å²) >= 11 is 0. The Morgan fingerprint density at radius 3 is 2.78 bits per heavy atom. The van der Waals surface area contributed by atoms with Gasteiger partial charge in [0.15, 0.2) is 0 Å². The number of carbonyl (C=O) groups excluding carboxylic acids is 1. The molecule has 0 aromatic carbocycles. The number of rotatable bonds is 6. The van der Waals surface area contributed by atoms with Gasteiger partial charge in [-0.1, -0.05) is 20.3 Å². The first-order chi connectivity index (χ1) is 8.54. The highest BCUT2D eigenvalue weighted by molar-refractivity contribution is 5.94. The minimum Gasteiger partial charge on any atom is -0.480 e. The van der Waals surface area contributed by atoms with Crippen LogP contribution < -0.4 is 5.32 Å². The van der Waals surface area contributed by atoms with Crippen molar-refractivity contribution in [2.45, 2.75) is 26.3 Å². The molecule has 0 spiro atoms. The van der Waals surface area contributed by atoms with Crippen LogP contribution in [0.4, 0.5) is 0 Å². The van der Waals surface area contributed by atoms with Crippen molar-refractivity contribution in [3.05, 3.63) is 30.2 Å². The molecule has 18 heavy (non-hydrogen) atoms. The van der Waals surface area contributed by atoms with E-state index >= 15 is 0 Å². The maximum Gasteiger partial charge on any atom is 0.326 e. The van der Waals surface area contributed by atoms with Crippen LogP contribution in [0.2, 0.25) is 0 Å². The van der Waals surface area contributed by atoms with Gasteiger partial charge in [-0.2, -0.15) is 0 Å². The fourth-order valence-electron chi connectivity index (χ4n) is 1.43. The fraction of sp³-hybridized carbons (Fsp3) is 0.385. The first-order valence-corrected chi connectivity index (χ1v) is 5.79. The number of carboxylic acids is 1. The Kier molecular flexibility index (Phi) is 5.17. The minimum absolute atomic E-state index is 0.122. The molecule has 1 unspecified atom stereocenters. The van der Waals surface area contributed by atoms with Gasteiger partial charge in [-0.25, -0.2) is 4.79 Å². The van der Waals surface area contributed by atoms with Crippen LogP contribution in [0.3, 0.4) is 0 Å². The number of hydrogen-bond acceptors (Lipinski definition) is 3. The van der Waals surface area contributed by atoms with Crippen molar-refractivity contribution < 1.29 is 19.1 Å². The van der Waals surface area contributed by atoms with Gasteiger partial charge in [-0.05, 0) is 24.1 Å². The van der Waals surface area contributed by atoms with E-state index in [2.05, 4.69) is 5.32 Å². The molecule has 98 valence electrons. The van der Waals surface area contributed by atoms with Gasteiger partial charge in [0.2, 0.25) is 5.91 Å². The average Bonchev–Trinajstić information content (AvgIpc) is 2.85. The third-order valence-electron chi connectivity index (χ3n) is 2.72. The third-order valence-corrected chi connectivity index (χ3v) is 2.72. The molecule has 0 bridgehead atoms. The van der Waals surface area contributed by atoms with Crippen molar-refractivity contribution in [1.29, 1.82) is 0 Å². The molecule has 1 aromatic rings. The number of carbonyl (C=O) groups is 2. The van der Waals surface area contributed by atoms with Crippen LogP contribution in [0.5, 0.6) is 0 Å². The zero-order valence-corrected chi connectivity index (χ0v) is 10.4. The third kappa shape index (κ3) is 4.08. The van der Waals surface area contributed by atoms with Crippen LogP contribution in [0, 0.1) is 5.92 Å². The summed E-state index contributed by atoms with van der Waals surface area (Å²) in [4.78, 5) is 22.6. The predicted molar refractivity (Wildman–Crippen MR) is 66.8 cm³/mol. The zero-order chi connectivity index (χ0) is 13.5. The summed E-state index contributed by atoms with van der Waals surface area (Å²) in [5, 5.41) is 11.5. The Morgan fingerprint density at radius 2 is 2.28 bits per heavy atom. The molecule has 0 saturated heterocycles. The molecule has 0 fully saturated rings. The molecule has 2 N–H and O–H groups in total. The van der Waals surface area contributed by atoms with Gasteiger partial charge < -0.3 is 14.8 Å². The second kappa shape index (κ2) is 6.64. The van der Waals surface area contributed by atoms with Crippen molar-refractivity contribution in [3.8, 4) is 0 Å². The van der Waals surface area contributed by atoms with Crippen LogP contribution >= 0.6 is 0 Å². The summed E-state index contributed by atoms with van der Waals surface area (Å²) in [6.07, 6.45) is 4.93. The topological polar surface area (TPSA) is 79.5 Å². The van der Waals surface area contributed by atoms with Crippen LogP contribution in [-0.4, -0.2) is 23.0 Å². The van der Waals surface area contributed by atoms with Gasteiger partial charge in [0, 0.05) is 6.08 Å². The molecule has 0 aliphatic carbocycles. The Hall–Kier alpha value is -2.04. The quantitative estimate of drug-likeness (QED) is 0.757. The lowest BCUT2D eigenvalue weighted by atomic mass is 9.99. The highest BCUT2D eigenvalue weighted by Crippen LogP contribution is 2.08. The van der Waals surface area contributed by atoms with Crippen molar-refractivity contribution in [2.24, 2.45) is 5.92 Å². The maximum atomic E-state index is 11.6. The molecule has 1 amide bonds. The molecule has 1 aromatic heterocycles. The SMILES string of the molecule is CCC(C)[C@H](NC(=O)/C=C/c1ccco1)C(=O)O. The lowest BCUT2D eigenvalue weighted by molar-refractivity contribution is -0.142. The first-order valence-electron chi connectivity index (χ1n) is 5.79. The monoisotopic (exact) mass is 251 g/mol. The van der Waals surface area contributed by atoms with Crippen molar-refractivity contribution in [1.82, 2.24) is 5.32 Å². The van der Waals surface area contributed by atoms with Crippen molar-refractivity contribution in [3.63, 3.8) is 0 Å². The van der Waals surface area contributed by atoms with Gasteiger partial charge in [0.25, 0.3) is 0 Å². The van der Waals surface area contributed by atoms with Gasteiger partial charge in [0.1, 0.15) is 11.8 Å².